The van der Waals surface area contributed by atoms with Crippen LogP contribution in [0.5, 0.6) is 5.75 Å². The van der Waals surface area contributed by atoms with Crippen molar-refractivity contribution in [3.05, 3.63) is 59.1 Å². The summed E-state index contributed by atoms with van der Waals surface area (Å²) in [7, 11) is -2.10. The minimum atomic E-state index is -3.63. The lowest BCUT2D eigenvalue weighted by molar-refractivity contribution is -0.0506. The number of alkyl carbamates (subject to hydrolysis) is 1. The van der Waals surface area contributed by atoms with Gasteiger partial charge in [-0.25, -0.2) is 13.2 Å². The van der Waals surface area contributed by atoms with Gasteiger partial charge in [0, 0.05) is 37.0 Å². The molecule has 1 spiro atoms. The van der Waals surface area contributed by atoms with Crippen LogP contribution in [-0.2, 0) is 26.0 Å². The summed E-state index contributed by atoms with van der Waals surface area (Å²) in [5.74, 6) is 0.779. The number of benzene rings is 2. The number of piperidine rings is 1. The Labute approximate surface area is 210 Å². The van der Waals surface area contributed by atoms with Gasteiger partial charge in [-0.3, -0.25) is 0 Å². The SMILES string of the molecule is COc1ccc(S(=O)(=O)N2CCC3(CC2)CC(OC(=O)NC(C)Cc2ccc(Cl)cc2)=NO3)cc1. The van der Waals surface area contributed by atoms with Crippen LogP contribution in [0.1, 0.15) is 31.7 Å². The first-order valence-electron chi connectivity index (χ1n) is 11.3. The fourth-order valence-corrected chi connectivity index (χ4v) is 5.77. The summed E-state index contributed by atoms with van der Waals surface area (Å²) in [4.78, 5) is 18.2. The first-order chi connectivity index (χ1) is 16.7. The zero-order chi connectivity index (χ0) is 25.1. The van der Waals surface area contributed by atoms with E-state index in [0.29, 0.717) is 36.5 Å². The van der Waals surface area contributed by atoms with Gasteiger partial charge in [-0.15, -0.1) is 0 Å². The van der Waals surface area contributed by atoms with Crippen LogP contribution in [0, 0.1) is 0 Å². The molecular formula is C24H28ClN3O6S. The summed E-state index contributed by atoms with van der Waals surface area (Å²) in [6.45, 7) is 2.44. The summed E-state index contributed by atoms with van der Waals surface area (Å²) in [5.41, 5.74) is 0.371. The van der Waals surface area contributed by atoms with Gasteiger partial charge >= 0.3 is 6.09 Å². The third-order valence-corrected chi connectivity index (χ3v) is 8.34. The molecule has 0 aliphatic carbocycles. The van der Waals surface area contributed by atoms with Crippen LogP contribution in [0.25, 0.3) is 0 Å². The fraction of sp³-hybridized carbons (Fsp3) is 0.417. The van der Waals surface area contributed by atoms with Crippen LogP contribution >= 0.6 is 11.6 Å². The van der Waals surface area contributed by atoms with Gasteiger partial charge in [0.15, 0.2) is 0 Å². The molecule has 1 amide bonds. The van der Waals surface area contributed by atoms with Gasteiger partial charge in [-0.05, 0) is 55.3 Å². The summed E-state index contributed by atoms with van der Waals surface area (Å²) in [6.07, 6.45) is 1.20. The normalized spacial score (nSPS) is 18.4. The molecule has 35 heavy (non-hydrogen) atoms. The van der Waals surface area contributed by atoms with Gasteiger partial charge in [0.05, 0.1) is 18.4 Å². The summed E-state index contributed by atoms with van der Waals surface area (Å²) < 4.78 is 37.9. The zero-order valence-electron chi connectivity index (χ0n) is 19.6. The molecule has 1 saturated heterocycles. The number of methoxy groups -OCH3 is 1. The number of halogens is 1. The number of hydrogen-bond donors (Lipinski definition) is 1. The number of sulfonamides is 1. The monoisotopic (exact) mass is 521 g/mol. The van der Waals surface area contributed by atoms with Crippen molar-refractivity contribution >= 4 is 33.6 Å². The van der Waals surface area contributed by atoms with Gasteiger partial charge < -0.3 is 19.6 Å². The number of rotatable bonds is 6. The highest BCUT2D eigenvalue weighted by Gasteiger charge is 2.45. The van der Waals surface area contributed by atoms with Gasteiger partial charge in [0.2, 0.25) is 15.9 Å². The molecule has 4 rings (SSSR count). The molecule has 2 aromatic carbocycles. The zero-order valence-corrected chi connectivity index (χ0v) is 21.1. The maximum Gasteiger partial charge on any atom is 0.414 e. The van der Waals surface area contributed by atoms with E-state index in [1.165, 1.54) is 23.5 Å². The summed E-state index contributed by atoms with van der Waals surface area (Å²) in [5, 5.41) is 7.40. The topological polar surface area (TPSA) is 107 Å². The second kappa shape index (κ2) is 10.4. The molecule has 9 nitrogen and oxygen atoms in total. The number of nitrogens with one attached hydrogen (secondary N) is 1. The number of ether oxygens (including phenoxy) is 2. The maximum atomic E-state index is 13.0. The highest BCUT2D eigenvalue weighted by atomic mass is 35.5. The van der Waals surface area contributed by atoms with Gasteiger partial charge in [0.1, 0.15) is 11.4 Å². The number of amides is 1. The van der Waals surface area contributed by atoms with E-state index in [1.54, 1.807) is 24.3 Å². The fourth-order valence-electron chi connectivity index (χ4n) is 4.20. The summed E-state index contributed by atoms with van der Waals surface area (Å²) in [6, 6.07) is 13.6. The van der Waals surface area contributed by atoms with Crippen LogP contribution < -0.4 is 10.1 Å². The quantitative estimate of drug-likeness (QED) is 0.616. The average Bonchev–Trinajstić information content (AvgIpc) is 3.22. The lowest BCUT2D eigenvalue weighted by Gasteiger charge is -2.36. The Hall–Kier alpha value is -2.82. The Bertz CT molecular complexity index is 1180. The van der Waals surface area contributed by atoms with Crippen molar-refractivity contribution in [2.75, 3.05) is 20.2 Å². The Morgan fingerprint density at radius 3 is 2.46 bits per heavy atom. The maximum absolute atomic E-state index is 13.0. The van der Waals surface area contributed by atoms with Crippen molar-refractivity contribution in [1.29, 1.82) is 0 Å². The molecule has 2 heterocycles. The van der Waals surface area contributed by atoms with Crippen LogP contribution in [0.15, 0.2) is 58.6 Å². The van der Waals surface area contributed by atoms with E-state index >= 15 is 0 Å². The number of carbonyl (C=O) groups is 1. The molecule has 2 aliphatic heterocycles. The minimum Gasteiger partial charge on any atom is -0.497 e. The first-order valence-corrected chi connectivity index (χ1v) is 13.1. The van der Waals surface area contributed by atoms with Crippen LogP contribution in [0.3, 0.4) is 0 Å². The molecule has 0 bridgehead atoms. The standard InChI is InChI=1S/C24H28ClN3O6S/c1-17(15-18-3-5-19(25)6-4-18)26-23(29)33-22-16-24(34-27-22)11-13-28(14-12-24)35(30,31)21-9-7-20(32-2)8-10-21/h3-10,17H,11-16H2,1-2H3,(H,26,29). The van der Waals surface area contributed by atoms with Gasteiger partial charge in [0.25, 0.3) is 0 Å². The molecule has 188 valence electrons. The Morgan fingerprint density at radius 2 is 1.83 bits per heavy atom. The predicted octanol–water partition coefficient (Wildman–Crippen LogP) is 3.96. The van der Waals surface area contributed by atoms with Crippen LogP contribution in [0.2, 0.25) is 5.02 Å². The van der Waals surface area contributed by atoms with E-state index in [9.17, 15) is 13.2 Å². The number of hydrogen-bond acceptors (Lipinski definition) is 7. The molecule has 2 aromatic rings. The van der Waals surface area contributed by atoms with E-state index in [4.69, 9.17) is 25.9 Å². The highest BCUT2D eigenvalue weighted by Crippen LogP contribution is 2.36. The molecule has 1 unspecified atom stereocenters. The van der Waals surface area contributed by atoms with Crippen molar-refractivity contribution < 1.29 is 27.5 Å². The number of nitrogens with zero attached hydrogens (tertiary/aromatic N) is 2. The second-order valence-corrected chi connectivity index (χ2v) is 11.2. The van der Waals surface area contributed by atoms with E-state index in [2.05, 4.69) is 10.5 Å². The van der Waals surface area contributed by atoms with Crippen molar-refractivity contribution in [3.8, 4) is 5.75 Å². The highest BCUT2D eigenvalue weighted by molar-refractivity contribution is 7.89. The number of carbonyl (C=O) groups excluding carboxylic acids is 1. The van der Waals surface area contributed by atoms with E-state index in [-0.39, 0.29) is 29.9 Å². The van der Waals surface area contributed by atoms with Gasteiger partial charge in [-0.2, -0.15) is 4.31 Å². The second-order valence-electron chi connectivity index (χ2n) is 8.78. The van der Waals surface area contributed by atoms with E-state index in [0.717, 1.165) is 5.56 Å². The molecule has 0 saturated carbocycles. The van der Waals surface area contributed by atoms with Crippen molar-refractivity contribution in [1.82, 2.24) is 9.62 Å². The lowest BCUT2D eigenvalue weighted by atomic mass is 9.89. The smallest absolute Gasteiger partial charge is 0.414 e. The van der Waals surface area contributed by atoms with Crippen molar-refractivity contribution in [2.45, 2.75) is 49.1 Å². The third kappa shape index (κ3) is 6.06. The van der Waals surface area contributed by atoms with E-state index < -0.39 is 21.7 Å². The third-order valence-electron chi connectivity index (χ3n) is 6.18. The molecule has 0 radical (unpaired) electrons. The molecule has 2 aliphatic rings. The number of oxime groups is 1. The predicted molar refractivity (Wildman–Crippen MR) is 131 cm³/mol. The molecular weight excluding hydrogens is 494 g/mol. The Morgan fingerprint density at radius 1 is 1.17 bits per heavy atom. The summed E-state index contributed by atoms with van der Waals surface area (Å²) >= 11 is 5.91. The molecule has 11 heteroatoms. The largest absolute Gasteiger partial charge is 0.497 e. The lowest BCUT2D eigenvalue weighted by Crippen LogP contribution is -2.47. The molecule has 1 fully saturated rings. The van der Waals surface area contributed by atoms with Gasteiger partial charge in [-0.1, -0.05) is 28.9 Å². The van der Waals surface area contributed by atoms with Crippen molar-refractivity contribution in [3.63, 3.8) is 0 Å². The molecule has 0 aromatic heterocycles. The Balaban J connectivity index is 1.26. The molecule has 1 atom stereocenters. The average molecular weight is 522 g/mol. The minimum absolute atomic E-state index is 0.160. The van der Waals surface area contributed by atoms with Crippen LogP contribution in [0.4, 0.5) is 4.79 Å². The first kappa shape index (κ1) is 25.3. The Kier molecular flexibility index (Phi) is 7.53. The van der Waals surface area contributed by atoms with E-state index in [1.807, 2.05) is 19.1 Å². The van der Waals surface area contributed by atoms with Crippen LogP contribution in [-0.4, -0.2) is 56.6 Å². The van der Waals surface area contributed by atoms with Crippen molar-refractivity contribution in [2.24, 2.45) is 5.16 Å². The molecule has 1 N–H and O–H groups in total.